The lowest BCUT2D eigenvalue weighted by atomic mass is 9.70. The highest BCUT2D eigenvalue weighted by atomic mass is 16.5. The molecule has 4 heteroatoms. The van der Waals surface area contributed by atoms with E-state index in [9.17, 15) is 14.7 Å². The van der Waals surface area contributed by atoms with E-state index < -0.39 is 17.3 Å². The first-order valence-electron chi connectivity index (χ1n) is 5.41. The maximum atomic E-state index is 12.0. The van der Waals surface area contributed by atoms with Crippen molar-refractivity contribution < 1.29 is 19.4 Å². The van der Waals surface area contributed by atoms with Gasteiger partial charge in [-0.15, -0.1) is 0 Å². The molecule has 2 atom stereocenters. The van der Waals surface area contributed by atoms with Crippen LogP contribution in [0.3, 0.4) is 0 Å². The summed E-state index contributed by atoms with van der Waals surface area (Å²) in [7, 11) is 0. The maximum absolute atomic E-state index is 12.0. The molecule has 0 radical (unpaired) electrons. The van der Waals surface area contributed by atoms with Gasteiger partial charge in [-0.05, 0) is 25.5 Å². The number of carbonyl (C=O) groups excluding carboxylic acids is 2. The third-order valence-electron chi connectivity index (χ3n) is 3.45. The first kappa shape index (κ1) is 11.8. The van der Waals surface area contributed by atoms with Gasteiger partial charge in [0.25, 0.3) is 0 Å². The van der Waals surface area contributed by atoms with Crippen molar-refractivity contribution in [1.29, 1.82) is 0 Å². The van der Waals surface area contributed by atoms with Crippen molar-refractivity contribution in [3.63, 3.8) is 0 Å². The second-order valence-corrected chi connectivity index (χ2v) is 4.59. The van der Waals surface area contributed by atoms with Gasteiger partial charge in [0.2, 0.25) is 0 Å². The molecule has 0 spiro atoms. The summed E-state index contributed by atoms with van der Waals surface area (Å²) in [5.74, 6) is -0.319. The molecule has 1 aliphatic carbocycles. The number of ketones is 1. The quantitative estimate of drug-likeness (QED) is 0.548. The summed E-state index contributed by atoms with van der Waals surface area (Å²) >= 11 is 0. The zero-order chi connectivity index (χ0) is 12.8. The Kier molecular flexibility index (Phi) is 2.54. The predicted molar refractivity (Wildman–Crippen MR) is 60.8 cm³/mol. The number of hydrogen-bond donors (Lipinski definition) is 1. The van der Waals surface area contributed by atoms with Gasteiger partial charge in [0.05, 0.1) is 11.8 Å². The van der Waals surface area contributed by atoms with Crippen molar-refractivity contribution in [3.05, 3.63) is 34.8 Å². The summed E-state index contributed by atoms with van der Waals surface area (Å²) in [5.41, 5.74) is -0.300. The molecule has 0 bridgehead atoms. The number of aldehydes is 1. The van der Waals surface area contributed by atoms with Gasteiger partial charge in [0.1, 0.15) is 11.4 Å². The fourth-order valence-electron chi connectivity index (χ4n) is 2.12. The van der Waals surface area contributed by atoms with Crippen molar-refractivity contribution in [2.75, 3.05) is 0 Å². The SMILES string of the molecule is CC1=CC2=C(C=O)C(=O)[C@](C)(O)[C@@H](C)C2=CO1. The van der Waals surface area contributed by atoms with Crippen LogP contribution in [0.2, 0.25) is 0 Å². The lowest BCUT2D eigenvalue weighted by Gasteiger charge is -2.37. The molecule has 90 valence electrons. The Morgan fingerprint density at radius 2 is 2.18 bits per heavy atom. The van der Waals surface area contributed by atoms with E-state index in [0.29, 0.717) is 23.2 Å². The van der Waals surface area contributed by atoms with Crippen LogP contribution in [0, 0.1) is 5.92 Å². The van der Waals surface area contributed by atoms with Crippen molar-refractivity contribution in [2.24, 2.45) is 5.92 Å². The molecular weight excluding hydrogens is 220 g/mol. The van der Waals surface area contributed by atoms with Gasteiger partial charge >= 0.3 is 0 Å². The standard InChI is InChI=1S/C13H14O4/c1-7-4-9-10(5-14)12(15)13(3,16)8(2)11(9)6-17-7/h4-6,8,16H,1-3H3/t8-,13+/m0/s1. The minimum atomic E-state index is -1.56. The van der Waals surface area contributed by atoms with E-state index in [1.54, 1.807) is 19.9 Å². The number of carbonyl (C=O) groups is 2. The second-order valence-electron chi connectivity index (χ2n) is 4.59. The van der Waals surface area contributed by atoms with Crippen LogP contribution in [0.25, 0.3) is 0 Å². The van der Waals surface area contributed by atoms with Crippen molar-refractivity contribution >= 4 is 12.1 Å². The lowest BCUT2D eigenvalue weighted by molar-refractivity contribution is -0.136. The van der Waals surface area contributed by atoms with Gasteiger partial charge in [-0.25, -0.2) is 0 Å². The minimum Gasteiger partial charge on any atom is -0.469 e. The van der Waals surface area contributed by atoms with Gasteiger partial charge in [0, 0.05) is 11.5 Å². The van der Waals surface area contributed by atoms with Crippen LogP contribution in [-0.4, -0.2) is 22.8 Å². The Morgan fingerprint density at radius 3 is 2.76 bits per heavy atom. The summed E-state index contributed by atoms with van der Waals surface area (Å²) in [5, 5.41) is 10.2. The molecule has 1 N–H and O–H groups in total. The fraction of sp³-hybridized carbons (Fsp3) is 0.385. The highest BCUT2D eigenvalue weighted by molar-refractivity contribution is 6.18. The van der Waals surface area contributed by atoms with E-state index >= 15 is 0 Å². The minimum absolute atomic E-state index is 0.0157. The number of rotatable bonds is 1. The summed E-state index contributed by atoms with van der Waals surface area (Å²) in [6.45, 7) is 4.90. The Morgan fingerprint density at radius 1 is 1.53 bits per heavy atom. The van der Waals surface area contributed by atoms with E-state index in [4.69, 9.17) is 4.74 Å². The van der Waals surface area contributed by atoms with E-state index in [-0.39, 0.29) is 5.57 Å². The van der Waals surface area contributed by atoms with Gasteiger partial charge in [-0.3, -0.25) is 9.59 Å². The van der Waals surface area contributed by atoms with Gasteiger partial charge < -0.3 is 9.84 Å². The molecule has 4 nitrogen and oxygen atoms in total. The van der Waals surface area contributed by atoms with E-state index in [0.717, 1.165) is 0 Å². The van der Waals surface area contributed by atoms with Gasteiger partial charge in [-0.1, -0.05) is 6.92 Å². The van der Waals surface area contributed by atoms with Crippen LogP contribution < -0.4 is 0 Å². The second kappa shape index (κ2) is 3.67. The summed E-state index contributed by atoms with van der Waals surface area (Å²) in [6.07, 6.45) is 3.66. The third-order valence-corrected chi connectivity index (χ3v) is 3.45. The zero-order valence-corrected chi connectivity index (χ0v) is 9.98. The van der Waals surface area contributed by atoms with Crippen LogP contribution in [0.1, 0.15) is 20.8 Å². The van der Waals surface area contributed by atoms with Gasteiger partial charge in [0.15, 0.2) is 12.1 Å². The summed E-state index contributed by atoms with van der Waals surface area (Å²) < 4.78 is 5.27. The number of ether oxygens (including phenoxy) is 1. The fourth-order valence-corrected chi connectivity index (χ4v) is 2.12. The van der Waals surface area contributed by atoms with Crippen LogP contribution in [0.15, 0.2) is 34.8 Å². The molecule has 0 aromatic heterocycles. The molecule has 0 saturated heterocycles. The van der Waals surface area contributed by atoms with Crippen LogP contribution in [0.4, 0.5) is 0 Å². The monoisotopic (exact) mass is 234 g/mol. The molecule has 0 aromatic carbocycles. The summed E-state index contributed by atoms with van der Waals surface area (Å²) in [4.78, 5) is 23.1. The summed E-state index contributed by atoms with van der Waals surface area (Å²) in [6, 6.07) is 0. The highest BCUT2D eigenvalue weighted by Crippen LogP contribution is 2.40. The number of fused-ring (bicyclic) bond motifs is 1. The molecule has 0 fully saturated rings. The molecule has 2 rings (SSSR count). The van der Waals surface area contributed by atoms with Crippen molar-refractivity contribution in [3.8, 4) is 0 Å². The Bertz CT molecular complexity index is 492. The Hall–Kier alpha value is -1.68. The molecule has 0 amide bonds. The molecule has 1 heterocycles. The Balaban J connectivity index is 2.69. The molecule has 2 aliphatic rings. The molecule has 1 aliphatic heterocycles. The Labute approximate surface area is 99.3 Å². The van der Waals surface area contributed by atoms with Crippen LogP contribution in [0.5, 0.6) is 0 Å². The molecule has 0 unspecified atom stereocenters. The topological polar surface area (TPSA) is 63.6 Å². The van der Waals surface area contributed by atoms with Crippen molar-refractivity contribution in [1.82, 2.24) is 0 Å². The third kappa shape index (κ3) is 1.56. The number of allylic oxidation sites excluding steroid dienone is 3. The average Bonchev–Trinajstić information content (AvgIpc) is 2.28. The number of aliphatic hydroxyl groups is 1. The van der Waals surface area contributed by atoms with E-state index in [1.807, 2.05) is 0 Å². The van der Waals surface area contributed by atoms with E-state index in [1.165, 1.54) is 13.2 Å². The van der Waals surface area contributed by atoms with Crippen molar-refractivity contribution in [2.45, 2.75) is 26.4 Å². The maximum Gasteiger partial charge on any atom is 0.198 e. The lowest BCUT2D eigenvalue weighted by Crippen LogP contribution is -2.47. The largest absolute Gasteiger partial charge is 0.469 e. The molecular formula is C13H14O4. The molecule has 0 aromatic rings. The molecule has 17 heavy (non-hydrogen) atoms. The molecule has 0 saturated carbocycles. The zero-order valence-electron chi connectivity index (χ0n) is 9.98. The smallest absolute Gasteiger partial charge is 0.198 e. The average molecular weight is 234 g/mol. The first-order valence-corrected chi connectivity index (χ1v) is 5.41. The van der Waals surface area contributed by atoms with Gasteiger partial charge in [-0.2, -0.15) is 0 Å². The number of hydrogen-bond acceptors (Lipinski definition) is 4. The number of Topliss-reactive ketones (excluding diaryl/α,β-unsaturated/α-hetero) is 1. The van der Waals surface area contributed by atoms with E-state index in [2.05, 4.69) is 0 Å². The first-order chi connectivity index (χ1) is 7.89. The normalized spacial score (nSPS) is 32.5. The van der Waals surface area contributed by atoms with Crippen LogP contribution in [-0.2, 0) is 14.3 Å². The highest BCUT2D eigenvalue weighted by Gasteiger charge is 2.46. The predicted octanol–water partition coefficient (Wildman–Crippen LogP) is 1.27. The van der Waals surface area contributed by atoms with Crippen LogP contribution >= 0.6 is 0 Å².